The molecular weight excluding hydrogens is 559 g/mol. The number of nitrogens with zero attached hydrogens (tertiary/aromatic N) is 1. The molecule has 0 spiro atoms. The van der Waals surface area contributed by atoms with Gasteiger partial charge in [0.2, 0.25) is 11.8 Å². The number of ether oxygens (including phenoxy) is 2. The summed E-state index contributed by atoms with van der Waals surface area (Å²) in [4.78, 5) is 40.5. The summed E-state index contributed by atoms with van der Waals surface area (Å²) in [5, 5.41) is 25.4. The zero-order valence-electron chi connectivity index (χ0n) is 21.9. The highest BCUT2D eigenvalue weighted by Gasteiger charge is 2.41. The molecule has 3 atom stereocenters. The van der Waals surface area contributed by atoms with Crippen LogP contribution in [0, 0.1) is 0 Å². The molecule has 0 radical (unpaired) electrons. The number of alkyl halides is 2. The van der Waals surface area contributed by atoms with Crippen LogP contribution in [0.4, 0.5) is 8.78 Å². The third-order valence-electron chi connectivity index (χ3n) is 6.40. The number of amides is 3. The highest BCUT2D eigenvalue weighted by Crippen LogP contribution is 2.25. The van der Waals surface area contributed by atoms with Crippen molar-refractivity contribution in [1.29, 1.82) is 0 Å². The number of hydrogen-bond donors (Lipinski definition) is 4. The molecule has 0 aliphatic carbocycles. The van der Waals surface area contributed by atoms with Gasteiger partial charge >= 0.3 is 13.7 Å². The van der Waals surface area contributed by atoms with Gasteiger partial charge in [0.25, 0.3) is 5.91 Å². The third-order valence-corrected chi connectivity index (χ3v) is 7.53. The fraction of sp³-hybridized carbons (Fsp3) is 0.296. The second-order valence-electron chi connectivity index (χ2n) is 9.32. The molecule has 0 saturated carbocycles. The van der Waals surface area contributed by atoms with E-state index in [0.29, 0.717) is 16.4 Å². The molecule has 1 aliphatic heterocycles. The summed E-state index contributed by atoms with van der Waals surface area (Å²) in [6.07, 6.45) is -1.23. The maximum absolute atomic E-state index is 13.1. The van der Waals surface area contributed by atoms with Gasteiger partial charge in [-0.25, -0.2) is 0 Å². The van der Waals surface area contributed by atoms with Crippen molar-refractivity contribution in [2.45, 2.75) is 38.1 Å². The molecule has 3 amide bonds. The summed E-state index contributed by atoms with van der Waals surface area (Å²) in [6, 6.07) is 15.2. The number of para-hydroxylation sites is 1. The molecule has 0 bridgehead atoms. The first kappa shape index (κ1) is 30.1. The fourth-order valence-corrected chi connectivity index (χ4v) is 5.26. The number of benzene rings is 2. The molecule has 14 heteroatoms. The summed E-state index contributed by atoms with van der Waals surface area (Å²) in [6.45, 7) is -2.13. The van der Waals surface area contributed by atoms with E-state index in [1.807, 2.05) is 18.2 Å². The van der Waals surface area contributed by atoms with Crippen LogP contribution in [0.2, 0.25) is 0 Å². The van der Waals surface area contributed by atoms with Gasteiger partial charge in [0.15, 0.2) is 0 Å². The van der Waals surface area contributed by atoms with Gasteiger partial charge in [-0.1, -0.05) is 18.2 Å². The van der Waals surface area contributed by atoms with Crippen LogP contribution in [0.3, 0.4) is 0 Å². The molecule has 3 aromatic rings. The maximum Gasteiger partial charge on any atom is 0.489 e. The smallest absolute Gasteiger partial charge is 0.457 e. The zero-order chi connectivity index (χ0) is 29.5. The molecule has 4 rings (SSSR count). The molecule has 1 unspecified atom stereocenters. The Morgan fingerprint density at radius 3 is 2.41 bits per heavy atom. The number of nitrogens with one attached hydrogen (secondary N) is 2. The molecule has 2 heterocycles. The standard InChI is InChI=1S/C27H28BF2N3O7S/c1-16(23-11-18(15-41-23)28(37)38)32-26(36)22-12-21(40-27(29)30)14-33(22)24(34)13-31-25(35)17-7-9-20(10-8-17)39-19-5-3-2-4-6-19/h2-11,15-16,21-22,27,37-38H,12-14H2,1H3,(H,31,35)(H,32,36)/t16?,21-,22+/m1/s1. The quantitative estimate of drug-likeness (QED) is 0.252. The summed E-state index contributed by atoms with van der Waals surface area (Å²) in [5.41, 5.74) is 0.535. The Hall–Kier alpha value is -3.85. The van der Waals surface area contributed by atoms with Crippen molar-refractivity contribution in [3.8, 4) is 11.5 Å². The van der Waals surface area contributed by atoms with Gasteiger partial charge in [0, 0.05) is 23.4 Å². The summed E-state index contributed by atoms with van der Waals surface area (Å²) in [7, 11) is -1.66. The fourth-order valence-electron chi connectivity index (χ4n) is 4.34. The van der Waals surface area contributed by atoms with Crippen LogP contribution in [0.5, 0.6) is 11.5 Å². The lowest BCUT2D eigenvalue weighted by Crippen LogP contribution is -2.49. The van der Waals surface area contributed by atoms with Gasteiger partial charge in [-0.15, -0.1) is 11.3 Å². The van der Waals surface area contributed by atoms with E-state index in [1.54, 1.807) is 31.2 Å². The molecule has 1 saturated heterocycles. The molecule has 1 fully saturated rings. The predicted octanol–water partition coefficient (Wildman–Crippen LogP) is 2.04. The van der Waals surface area contributed by atoms with E-state index in [0.717, 1.165) is 4.90 Å². The third kappa shape index (κ3) is 8.10. The number of hydrogen-bond acceptors (Lipinski definition) is 8. The van der Waals surface area contributed by atoms with Crippen molar-refractivity contribution in [1.82, 2.24) is 15.5 Å². The molecule has 41 heavy (non-hydrogen) atoms. The Bertz CT molecular complexity index is 1340. The average molecular weight is 587 g/mol. The minimum absolute atomic E-state index is 0.156. The highest BCUT2D eigenvalue weighted by atomic mass is 32.1. The van der Waals surface area contributed by atoms with Crippen LogP contribution in [-0.4, -0.2) is 71.6 Å². The van der Waals surface area contributed by atoms with Crippen LogP contribution >= 0.6 is 11.3 Å². The Morgan fingerprint density at radius 2 is 1.78 bits per heavy atom. The number of rotatable bonds is 11. The Kier molecular flexibility index (Phi) is 10.0. The van der Waals surface area contributed by atoms with Crippen LogP contribution in [0.1, 0.15) is 34.6 Å². The van der Waals surface area contributed by atoms with E-state index in [-0.39, 0.29) is 24.0 Å². The Morgan fingerprint density at radius 1 is 1.10 bits per heavy atom. The molecule has 216 valence electrons. The Balaban J connectivity index is 1.36. The lowest BCUT2D eigenvalue weighted by atomic mass is 9.82. The summed E-state index contributed by atoms with van der Waals surface area (Å²) in [5.74, 6) is -0.630. The first-order valence-electron chi connectivity index (χ1n) is 12.7. The molecule has 1 aliphatic rings. The molecular formula is C27H28BF2N3O7S. The van der Waals surface area contributed by atoms with Gasteiger partial charge in [-0.05, 0) is 60.2 Å². The maximum atomic E-state index is 13.1. The zero-order valence-corrected chi connectivity index (χ0v) is 22.7. The Labute approximate surface area is 239 Å². The van der Waals surface area contributed by atoms with Crippen LogP contribution in [0.25, 0.3) is 0 Å². The predicted molar refractivity (Wildman–Crippen MR) is 147 cm³/mol. The second-order valence-corrected chi connectivity index (χ2v) is 10.3. The highest BCUT2D eigenvalue weighted by molar-refractivity contribution is 7.11. The second kappa shape index (κ2) is 13.7. The van der Waals surface area contributed by atoms with E-state index >= 15 is 0 Å². The molecule has 10 nitrogen and oxygen atoms in total. The largest absolute Gasteiger partial charge is 0.489 e. The minimum atomic E-state index is -3.08. The van der Waals surface area contributed by atoms with E-state index in [2.05, 4.69) is 15.4 Å². The lowest BCUT2D eigenvalue weighted by Gasteiger charge is -2.25. The van der Waals surface area contributed by atoms with E-state index in [9.17, 15) is 33.2 Å². The van der Waals surface area contributed by atoms with Gasteiger partial charge in [-0.3, -0.25) is 14.4 Å². The van der Waals surface area contributed by atoms with Crippen molar-refractivity contribution in [2.24, 2.45) is 0 Å². The topological polar surface area (TPSA) is 137 Å². The first-order chi connectivity index (χ1) is 19.6. The van der Waals surface area contributed by atoms with Gasteiger partial charge in [0.1, 0.15) is 17.5 Å². The number of thiophene rings is 1. The van der Waals surface area contributed by atoms with Crippen molar-refractivity contribution in [2.75, 3.05) is 13.1 Å². The van der Waals surface area contributed by atoms with Crippen molar-refractivity contribution in [3.63, 3.8) is 0 Å². The van der Waals surface area contributed by atoms with Crippen molar-refractivity contribution < 1.29 is 42.7 Å². The van der Waals surface area contributed by atoms with Crippen molar-refractivity contribution in [3.05, 3.63) is 76.5 Å². The lowest BCUT2D eigenvalue weighted by molar-refractivity contribution is -0.160. The van der Waals surface area contributed by atoms with Crippen molar-refractivity contribution >= 4 is 41.6 Å². The molecule has 4 N–H and O–H groups in total. The number of likely N-dealkylation sites (tertiary alicyclic amines) is 1. The van der Waals surface area contributed by atoms with Crippen LogP contribution < -0.4 is 20.8 Å². The molecule has 1 aromatic heterocycles. The number of carbonyl (C=O) groups excluding carboxylic acids is 3. The normalized spacial score (nSPS) is 17.3. The van der Waals surface area contributed by atoms with Gasteiger partial charge < -0.3 is 35.1 Å². The number of carbonyl (C=O) groups is 3. The minimum Gasteiger partial charge on any atom is -0.457 e. The van der Waals surface area contributed by atoms with E-state index < -0.39 is 56.2 Å². The average Bonchev–Trinajstić information content (AvgIpc) is 3.61. The van der Waals surface area contributed by atoms with E-state index in [1.165, 1.54) is 34.9 Å². The monoisotopic (exact) mass is 587 g/mol. The number of halogens is 2. The summed E-state index contributed by atoms with van der Waals surface area (Å²) < 4.78 is 36.1. The summed E-state index contributed by atoms with van der Waals surface area (Å²) >= 11 is 1.20. The van der Waals surface area contributed by atoms with E-state index in [4.69, 9.17) is 4.74 Å². The van der Waals surface area contributed by atoms with Crippen LogP contribution in [0.15, 0.2) is 66.0 Å². The SMILES string of the molecule is CC(NC(=O)[C@@H]1C[C@@H](OC(F)F)CN1C(=O)CNC(=O)c1ccc(Oc2ccccc2)cc1)c1cc(B(O)O)cs1. The van der Waals surface area contributed by atoms with Crippen LogP contribution in [-0.2, 0) is 14.3 Å². The first-order valence-corrected chi connectivity index (χ1v) is 13.6. The molecule has 2 aromatic carbocycles. The van der Waals surface area contributed by atoms with Gasteiger partial charge in [-0.2, -0.15) is 8.78 Å². The van der Waals surface area contributed by atoms with Gasteiger partial charge in [0.05, 0.1) is 18.7 Å².